The molecule has 0 saturated carbocycles. The molecule has 0 aliphatic heterocycles. The summed E-state index contributed by atoms with van der Waals surface area (Å²) in [6.07, 6.45) is -0.0632. The van der Waals surface area contributed by atoms with Gasteiger partial charge in [0.2, 0.25) is 11.8 Å². The standard InChI is InChI=1S/C11H20N2O4/c1-11(2,3)13-9(15)6-7-12-8(14)4-5-10(16)17/h4-7H2,1-3H3,(H,12,14)(H,13,15)(H,16,17). The van der Waals surface area contributed by atoms with E-state index in [4.69, 9.17) is 5.11 Å². The molecule has 0 aromatic heterocycles. The Balaban J connectivity index is 3.66. The molecule has 0 bridgehead atoms. The third kappa shape index (κ3) is 10.7. The van der Waals surface area contributed by atoms with E-state index in [0.29, 0.717) is 0 Å². The van der Waals surface area contributed by atoms with E-state index in [-0.39, 0.29) is 43.2 Å². The first-order valence-electron chi connectivity index (χ1n) is 5.50. The second-order valence-electron chi connectivity index (χ2n) is 4.79. The maximum absolute atomic E-state index is 11.3. The minimum absolute atomic E-state index is 0.0593. The smallest absolute Gasteiger partial charge is 0.303 e. The highest BCUT2D eigenvalue weighted by Crippen LogP contribution is 1.98. The zero-order valence-electron chi connectivity index (χ0n) is 10.5. The molecule has 0 aromatic carbocycles. The third-order valence-corrected chi connectivity index (χ3v) is 1.75. The molecule has 0 unspecified atom stereocenters. The number of carboxylic acid groups (broad SMARTS) is 1. The molecule has 2 amide bonds. The van der Waals surface area contributed by atoms with Crippen molar-refractivity contribution in [2.24, 2.45) is 0 Å². The highest BCUT2D eigenvalue weighted by molar-refractivity contribution is 5.81. The lowest BCUT2D eigenvalue weighted by molar-refractivity contribution is -0.138. The molecule has 17 heavy (non-hydrogen) atoms. The van der Waals surface area contributed by atoms with Crippen molar-refractivity contribution in [3.63, 3.8) is 0 Å². The monoisotopic (exact) mass is 244 g/mol. The molecule has 0 aromatic rings. The van der Waals surface area contributed by atoms with Crippen molar-refractivity contribution in [2.45, 2.75) is 45.6 Å². The van der Waals surface area contributed by atoms with Crippen molar-refractivity contribution in [1.29, 1.82) is 0 Å². The second-order valence-corrected chi connectivity index (χ2v) is 4.79. The Bertz CT molecular complexity index is 294. The van der Waals surface area contributed by atoms with E-state index < -0.39 is 5.97 Å². The molecule has 98 valence electrons. The van der Waals surface area contributed by atoms with Gasteiger partial charge in [-0.3, -0.25) is 14.4 Å². The quantitative estimate of drug-likeness (QED) is 0.625. The van der Waals surface area contributed by atoms with E-state index in [1.165, 1.54) is 0 Å². The van der Waals surface area contributed by atoms with Gasteiger partial charge in [0.1, 0.15) is 0 Å². The van der Waals surface area contributed by atoms with Crippen LogP contribution in [0.25, 0.3) is 0 Å². The van der Waals surface area contributed by atoms with E-state index in [9.17, 15) is 14.4 Å². The van der Waals surface area contributed by atoms with Gasteiger partial charge >= 0.3 is 5.97 Å². The van der Waals surface area contributed by atoms with Gasteiger partial charge < -0.3 is 15.7 Å². The third-order valence-electron chi connectivity index (χ3n) is 1.75. The van der Waals surface area contributed by atoms with Crippen molar-refractivity contribution in [3.8, 4) is 0 Å². The van der Waals surface area contributed by atoms with Crippen LogP contribution in [0.2, 0.25) is 0 Å². The summed E-state index contributed by atoms with van der Waals surface area (Å²) in [5.74, 6) is -1.50. The van der Waals surface area contributed by atoms with Gasteiger partial charge in [0.15, 0.2) is 0 Å². The van der Waals surface area contributed by atoms with Crippen LogP contribution in [0.4, 0.5) is 0 Å². The van der Waals surface area contributed by atoms with Crippen molar-refractivity contribution in [1.82, 2.24) is 10.6 Å². The normalized spacial score (nSPS) is 10.8. The minimum atomic E-state index is -1.01. The van der Waals surface area contributed by atoms with Crippen LogP contribution in [-0.4, -0.2) is 35.0 Å². The lowest BCUT2D eigenvalue weighted by Gasteiger charge is -2.20. The van der Waals surface area contributed by atoms with Crippen LogP contribution in [0.3, 0.4) is 0 Å². The SMILES string of the molecule is CC(C)(C)NC(=O)CCNC(=O)CCC(=O)O. The van der Waals surface area contributed by atoms with Crippen molar-refractivity contribution < 1.29 is 19.5 Å². The molecule has 0 aliphatic rings. The number of hydrogen-bond donors (Lipinski definition) is 3. The van der Waals surface area contributed by atoms with E-state index in [0.717, 1.165) is 0 Å². The van der Waals surface area contributed by atoms with Crippen molar-refractivity contribution in [3.05, 3.63) is 0 Å². The van der Waals surface area contributed by atoms with Gasteiger partial charge in [-0.15, -0.1) is 0 Å². The number of amides is 2. The zero-order chi connectivity index (χ0) is 13.5. The minimum Gasteiger partial charge on any atom is -0.481 e. The first-order chi connectivity index (χ1) is 7.70. The van der Waals surface area contributed by atoms with Crippen molar-refractivity contribution >= 4 is 17.8 Å². The molecule has 0 aliphatic carbocycles. The summed E-state index contributed by atoms with van der Waals surface area (Å²) >= 11 is 0. The van der Waals surface area contributed by atoms with Crippen LogP contribution in [-0.2, 0) is 14.4 Å². The number of nitrogens with one attached hydrogen (secondary N) is 2. The first-order valence-corrected chi connectivity index (χ1v) is 5.50. The molecular weight excluding hydrogens is 224 g/mol. The van der Waals surface area contributed by atoms with E-state index in [1.54, 1.807) is 0 Å². The molecule has 0 fully saturated rings. The predicted molar refractivity (Wildman–Crippen MR) is 62.4 cm³/mol. The number of carbonyl (C=O) groups is 3. The number of hydrogen-bond acceptors (Lipinski definition) is 3. The fourth-order valence-corrected chi connectivity index (χ4v) is 1.11. The van der Waals surface area contributed by atoms with Crippen LogP contribution in [0.1, 0.15) is 40.0 Å². The Kier molecular flexibility index (Phi) is 6.23. The van der Waals surface area contributed by atoms with Crippen LogP contribution < -0.4 is 10.6 Å². The van der Waals surface area contributed by atoms with Crippen LogP contribution in [0, 0.1) is 0 Å². The molecule has 6 nitrogen and oxygen atoms in total. The van der Waals surface area contributed by atoms with Gasteiger partial charge in [-0.05, 0) is 20.8 Å². The summed E-state index contributed by atoms with van der Waals surface area (Å²) in [4.78, 5) is 32.7. The Morgan fingerprint density at radius 1 is 1.00 bits per heavy atom. The Hall–Kier alpha value is -1.59. The summed E-state index contributed by atoms with van der Waals surface area (Å²) in [6, 6.07) is 0. The Morgan fingerprint density at radius 2 is 1.59 bits per heavy atom. The molecule has 0 radical (unpaired) electrons. The summed E-state index contributed by atoms with van der Waals surface area (Å²) in [7, 11) is 0. The molecule has 0 saturated heterocycles. The fraction of sp³-hybridized carbons (Fsp3) is 0.727. The highest BCUT2D eigenvalue weighted by atomic mass is 16.4. The lowest BCUT2D eigenvalue weighted by atomic mass is 10.1. The zero-order valence-corrected chi connectivity index (χ0v) is 10.5. The highest BCUT2D eigenvalue weighted by Gasteiger charge is 2.13. The summed E-state index contributed by atoms with van der Waals surface area (Å²) in [6.45, 7) is 5.84. The number of aliphatic carboxylic acids is 1. The van der Waals surface area contributed by atoms with E-state index in [2.05, 4.69) is 10.6 Å². The Morgan fingerprint density at radius 3 is 2.06 bits per heavy atom. The van der Waals surface area contributed by atoms with Crippen molar-refractivity contribution in [2.75, 3.05) is 6.54 Å². The molecule has 0 atom stereocenters. The fourth-order valence-electron chi connectivity index (χ4n) is 1.11. The second kappa shape index (κ2) is 6.88. The van der Waals surface area contributed by atoms with Gasteiger partial charge in [0.25, 0.3) is 0 Å². The molecule has 0 heterocycles. The molecule has 3 N–H and O–H groups in total. The van der Waals surface area contributed by atoms with Gasteiger partial charge in [-0.1, -0.05) is 0 Å². The molecule has 0 spiro atoms. The van der Waals surface area contributed by atoms with Crippen LogP contribution >= 0.6 is 0 Å². The molecule has 6 heteroatoms. The average Bonchev–Trinajstić information content (AvgIpc) is 2.11. The predicted octanol–water partition coefficient (Wildman–Crippen LogP) is 0.272. The average molecular weight is 244 g/mol. The molecular formula is C11H20N2O4. The van der Waals surface area contributed by atoms with E-state index >= 15 is 0 Å². The molecule has 0 rings (SSSR count). The largest absolute Gasteiger partial charge is 0.481 e. The number of carboxylic acids is 1. The van der Waals surface area contributed by atoms with Crippen LogP contribution in [0.5, 0.6) is 0 Å². The first kappa shape index (κ1) is 15.4. The van der Waals surface area contributed by atoms with Gasteiger partial charge in [0.05, 0.1) is 6.42 Å². The number of carbonyl (C=O) groups excluding carboxylic acids is 2. The topological polar surface area (TPSA) is 95.5 Å². The summed E-state index contributed by atoms with van der Waals surface area (Å²) in [5, 5.41) is 13.6. The van der Waals surface area contributed by atoms with Gasteiger partial charge in [0, 0.05) is 24.9 Å². The van der Waals surface area contributed by atoms with Gasteiger partial charge in [-0.25, -0.2) is 0 Å². The van der Waals surface area contributed by atoms with Crippen LogP contribution in [0.15, 0.2) is 0 Å². The Labute approximate surface area is 101 Å². The summed E-state index contributed by atoms with van der Waals surface area (Å²) < 4.78 is 0. The number of rotatable bonds is 6. The maximum Gasteiger partial charge on any atom is 0.303 e. The van der Waals surface area contributed by atoms with Gasteiger partial charge in [-0.2, -0.15) is 0 Å². The lowest BCUT2D eigenvalue weighted by Crippen LogP contribution is -2.42. The summed E-state index contributed by atoms with van der Waals surface area (Å²) in [5.41, 5.74) is -0.287. The maximum atomic E-state index is 11.3. The van der Waals surface area contributed by atoms with E-state index in [1.807, 2.05) is 20.8 Å².